The predicted molar refractivity (Wildman–Crippen MR) is 92.2 cm³/mol. The molecule has 5 nitrogen and oxygen atoms in total. The van der Waals surface area contributed by atoms with Crippen molar-refractivity contribution in [3.05, 3.63) is 35.9 Å². The Morgan fingerprint density at radius 3 is 2.43 bits per heavy atom. The normalized spacial score (nSPS) is 18.8. The molecule has 2 N–H and O–H groups in total. The van der Waals surface area contributed by atoms with Gasteiger partial charge in [0.15, 0.2) is 0 Å². The number of amides is 1. The highest BCUT2D eigenvalue weighted by atomic mass is 32.2. The summed E-state index contributed by atoms with van der Waals surface area (Å²) in [6, 6.07) is 9.49. The molecule has 128 valence electrons. The third-order valence-electron chi connectivity index (χ3n) is 4.02. The number of alkyl carbamates (subject to hydrolysis) is 1. The van der Waals surface area contributed by atoms with Gasteiger partial charge in [0.1, 0.15) is 6.61 Å². The average Bonchev–Trinajstić information content (AvgIpc) is 3.26. The highest BCUT2D eigenvalue weighted by Gasteiger charge is 2.50. The van der Waals surface area contributed by atoms with Crippen molar-refractivity contribution in [2.75, 3.05) is 0 Å². The Kier molecular flexibility index (Phi) is 5.47. The Morgan fingerprint density at radius 1 is 1.30 bits per heavy atom. The topological polar surface area (TPSA) is 67.4 Å². The number of nitrogens with one attached hydrogen (secondary N) is 2. The highest BCUT2D eigenvalue weighted by Crippen LogP contribution is 2.39. The van der Waals surface area contributed by atoms with Crippen molar-refractivity contribution in [3.8, 4) is 0 Å². The second-order valence-corrected chi connectivity index (χ2v) is 9.06. The van der Waals surface area contributed by atoms with Crippen LogP contribution in [-0.2, 0) is 22.3 Å². The van der Waals surface area contributed by atoms with Crippen molar-refractivity contribution in [3.63, 3.8) is 0 Å². The fourth-order valence-electron chi connectivity index (χ4n) is 2.21. The van der Waals surface area contributed by atoms with Crippen molar-refractivity contribution in [2.24, 2.45) is 0 Å². The van der Waals surface area contributed by atoms with Crippen LogP contribution in [0.15, 0.2) is 30.3 Å². The second kappa shape index (κ2) is 7.01. The Hall–Kier alpha value is -1.40. The van der Waals surface area contributed by atoms with Crippen LogP contribution in [0.3, 0.4) is 0 Å². The number of carbonyl (C=O) groups excluding carboxylic acids is 1. The first-order chi connectivity index (χ1) is 10.7. The first-order valence-corrected chi connectivity index (χ1v) is 9.05. The van der Waals surface area contributed by atoms with Gasteiger partial charge in [-0.3, -0.25) is 0 Å². The molecule has 0 bridgehead atoms. The van der Waals surface area contributed by atoms with Crippen LogP contribution in [0.1, 0.15) is 46.1 Å². The Bertz CT molecular complexity index is 565. The van der Waals surface area contributed by atoms with E-state index in [9.17, 15) is 9.00 Å². The molecule has 1 aromatic carbocycles. The van der Waals surface area contributed by atoms with Gasteiger partial charge in [0, 0.05) is 6.04 Å². The monoisotopic (exact) mass is 338 g/mol. The lowest BCUT2D eigenvalue weighted by molar-refractivity contribution is 0.132. The van der Waals surface area contributed by atoms with Gasteiger partial charge in [-0.2, -0.15) is 0 Å². The summed E-state index contributed by atoms with van der Waals surface area (Å²) < 4.78 is 20.2. The number of rotatable bonds is 6. The smallest absolute Gasteiger partial charge is 0.407 e. The van der Waals surface area contributed by atoms with Gasteiger partial charge >= 0.3 is 6.09 Å². The van der Waals surface area contributed by atoms with Crippen molar-refractivity contribution < 1.29 is 13.7 Å². The van der Waals surface area contributed by atoms with Gasteiger partial charge in [0.25, 0.3) is 0 Å². The summed E-state index contributed by atoms with van der Waals surface area (Å²) in [5.41, 5.74) is 0.599. The average molecular weight is 338 g/mol. The molecule has 2 atom stereocenters. The largest absolute Gasteiger partial charge is 0.445 e. The number of hydrogen-bond acceptors (Lipinski definition) is 3. The van der Waals surface area contributed by atoms with Gasteiger partial charge in [-0.15, -0.1) is 0 Å². The molecule has 1 amide bonds. The third-order valence-corrected chi connectivity index (χ3v) is 5.70. The lowest BCUT2D eigenvalue weighted by Crippen LogP contribution is -2.53. The number of ether oxygens (including phenoxy) is 1. The zero-order valence-electron chi connectivity index (χ0n) is 14.2. The van der Waals surface area contributed by atoms with Gasteiger partial charge in [-0.1, -0.05) is 30.3 Å². The van der Waals surface area contributed by atoms with Crippen LogP contribution in [0.4, 0.5) is 4.79 Å². The maximum Gasteiger partial charge on any atom is 0.407 e. The number of benzene rings is 1. The summed E-state index contributed by atoms with van der Waals surface area (Å²) in [7, 11) is -1.16. The molecule has 1 saturated carbocycles. The molecule has 1 aromatic rings. The van der Waals surface area contributed by atoms with E-state index in [1.165, 1.54) is 0 Å². The predicted octanol–water partition coefficient (Wildman–Crippen LogP) is 2.89. The molecular weight excluding hydrogens is 312 g/mol. The van der Waals surface area contributed by atoms with Crippen LogP contribution in [0.5, 0.6) is 0 Å². The van der Waals surface area contributed by atoms with Crippen molar-refractivity contribution >= 4 is 17.1 Å². The van der Waals surface area contributed by atoms with Crippen LogP contribution >= 0.6 is 0 Å². The van der Waals surface area contributed by atoms with E-state index < -0.39 is 17.1 Å². The van der Waals surface area contributed by atoms with Gasteiger partial charge in [-0.05, 0) is 46.1 Å². The van der Waals surface area contributed by atoms with E-state index >= 15 is 0 Å². The van der Waals surface area contributed by atoms with Crippen LogP contribution < -0.4 is 10.0 Å². The zero-order chi connectivity index (χ0) is 17.1. The Morgan fingerprint density at radius 2 is 1.91 bits per heavy atom. The molecule has 0 spiro atoms. The molecule has 23 heavy (non-hydrogen) atoms. The minimum Gasteiger partial charge on any atom is -0.445 e. The molecule has 6 heteroatoms. The van der Waals surface area contributed by atoms with E-state index in [1.54, 1.807) is 0 Å². The molecular formula is C17H26N2O3S. The lowest BCUT2D eigenvalue weighted by atomic mass is 10.1. The van der Waals surface area contributed by atoms with E-state index in [0.29, 0.717) is 0 Å². The summed E-state index contributed by atoms with van der Waals surface area (Å²) in [5, 5.41) is 2.94. The Labute approximate surface area is 140 Å². The SMILES string of the molecule is C[C@H](N[S@@](=O)C(C)(C)C)C1(NC(=O)OCc2ccccc2)CC1. The summed E-state index contributed by atoms with van der Waals surface area (Å²) >= 11 is 0. The van der Waals surface area contributed by atoms with E-state index in [-0.39, 0.29) is 22.9 Å². The first-order valence-electron chi connectivity index (χ1n) is 7.90. The van der Waals surface area contributed by atoms with Crippen molar-refractivity contribution in [1.29, 1.82) is 0 Å². The van der Waals surface area contributed by atoms with E-state index in [0.717, 1.165) is 18.4 Å². The molecule has 0 aliphatic heterocycles. The lowest BCUT2D eigenvalue weighted by Gasteiger charge is -2.28. The minimum absolute atomic E-state index is 0.0770. The second-order valence-electron chi connectivity index (χ2n) is 7.06. The molecule has 0 unspecified atom stereocenters. The zero-order valence-corrected chi connectivity index (χ0v) is 15.0. The Balaban J connectivity index is 1.84. The summed E-state index contributed by atoms with van der Waals surface area (Å²) in [5.74, 6) is 0. The summed E-state index contributed by atoms with van der Waals surface area (Å²) in [6.45, 7) is 7.96. The first kappa shape index (κ1) is 17.9. The summed E-state index contributed by atoms with van der Waals surface area (Å²) in [6.07, 6.45) is 1.30. The maximum atomic E-state index is 12.2. The van der Waals surface area contributed by atoms with Crippen LogP contribution in [-0.4, -0.2) is 26.6 Å². The maximum absolute atomic E-state index is 12.2. The van der Waals surface area contributed by atoms with E-state index in [2.05, 4.69) is 10.0 Å². The van der Waals surface area contributed by atoms with E-state index in [1.807, 2.05) is 58.0 Å². The quantitative estimate of drug-likeness (QED) is 0.838. The highest BCUT2D eigenvalue weighted by molar-refractivity contribution is 7.84. The molecule has 0 saturated heterocycles. The number of hydrogen-bond donors (Lipinski definition) is 2. The standard InChI is InChI=1S/C17H26N2O3S/c1-13(19-23(21)16(2,3)4)17(10-11-17)18-15(20)22-12-14-8-6-5-7-9-14/h5-9,13,19H,10-12H2,1-4H3,(H,18,20)/t13-,23-/m0/s1. The van der Waals surface area contributed by atoms with Crippen molar-refractivity contribution in [1.82, 2.24) is 10.0 Å². The third kappa shape index (κ3) is 5.04. The van der Waals surface area contributed by atoms with E-state index in [4.69, 9.17) is 4.74 Å². The minimum atomic E-state index is -1.16. The van der Waals surface area contributed by atoms with Gasteiger partial charge in [0.05, 0.1) is 21.3 Å². The molecule has 0 radical (unpaired) electrons. The molecule has 0 aromatic heterocycles. The van der Waals surface area contributed by atoms with Crippen LogP contribution in [0.2, 0.25) is 0 Å². The molecule has 1 aliphatic carbocycles. The van der Waals surface area contributed by atoms with Gasteiger partial charge < -0.3 is 10.1 Å². The summed E-state index contributed by atoms with van der Waals surface area (Å²) in [4.78, 5) is 12.0. The van der Waals surface area contributed by atoms with Crippen LogP contribution in [0, 0.1) is 0 Å². The number of carbonyl (C=O) groups is 1. The molecule has 2 rings (SSSR count). The van der Waals surface area contributed by atoms with Crippen molar-refractivity contribution in [2.45, 2.75) is 63.5 Å². The molecule has 1 aliphatic rings. The molecule has 0 heterocycles. The fraction of sp³-hybridized carbons (Fsp3) is 0.588. The van der Waals surface area contributed by atoms with Gasteiger partial charge in [-0.25, -0.2) is 13.7 Å². The van der Waals surface area contributed by atoms with Gasteiger partial charge in [0.2, 0.25) is 0 Å². The van der Waals surface area contributed by atoms with Crippen LogP contribution in [0.25, 0.3) is 0 Å². The fourth-order valence-corrected chi connectivity index (χ4v) is 3.11. The molecule has 1 fully saturated rings.